The molecule has 1 aromatic rings. The highest BCUT2D eigenvalue weighted by atomic mass is 79.9. The Kier molecular flexibility index (Phi) is 3.60. The summed E-state index contributed by atoms with van der Waals surface area (Å²) in [6.45, 7) is 1.29. The van der Waals surface area contributed by atoms with Crippen molar-refractivity contribution >= 4 is 21.7 Å². The van der Waals surface area contributed by atoms with E-state index < -0.39 is 6.67 Å². The van der Waals surface area contributed by atoms with E-state index in [1.165, 1.54) is 0 Å². The van der Waals surface area contributed by atoms with Crippen molar-refractivity contribution in [3.8, 4) is 0 Å². The molecule has 0 aliphatic rings. The summed E-state index contributed by atoms with van der Waals surface area (Å²) in [4.78, 5) is 11.3. The van der Waals surface area contributed by atoms with Crippen molar-refractivity contribution in [3.63, 3.8) is 0 Å². The van der Waals surface area contributed by atoms with Crippen LogP contribution in [0, 0.1) is 0 Å². The lowest BCUT2D eigenvalue weighted by atomic mass is 10.1. The van der Waals surface area contributed by atoms with E-state index in [-0.39, 0.29) is 5.78 Å². The van der Waals surface area contributed by atoms with Crippen LogP contribution in [0.5, 0.6) is 0 Å². The molecule has 0 aliphatic carbocycles. The zero-order valence-electron chi connectivity index (χ0n) is 7.31. The summed E-state index contributed by atoms with van der Waals surface area (Å²) in [5, 5.41) is 0. The SMILES string of the molecule is CCC(=O)c1ccc(CF)c(Br)c1. The lowest BCUT2D eigenvalue weighted by Gasteiger charge is -2.02. The molecule has 0 atom stereocenters. The first-order valence-electron chi connectivity index (χ1n) is 4.06. The number of alkyl halides is 1. The van der Waals surface area contributed by atoms with Crippen LogP contribution in [0.1, 0.15) is 29.3 Å². The number of benzene rings is 1. The van der Waals surface area contributed by atoms with E-state index in [9.17, 15) is 9.18 Å². The van der Waals surface area contributed by atoms with Crippen LogP contribution in [-0.4, -0.2) is 5.78 Å². The summed E-state index contributed by atoms with van der Waals surface area (Å²) in [7, 11) is 0. The average Bonchev–Trinajstić information content (AvgIpc) is 2.16. The van der Waals surface area contributed by atoms with Gasteiger partial charge in [-0.25, -0.2) is 4.39 Å². The van der Waals surface area contributed by atoms with E-state index >= 15 is 0 Å². The number of carbonyl (C=O) groups is 1. The third kappa shape index (κ3) is 2.37. The Hall–Kier alpha value is -0.700. The van der Waals surface area contributed by atoms with Crippen LogP contribution in [0.3, 0.4) is 0 Å². The molecule has 0 saturated carbocycles. The topological polar surface area (TPSA) is 17.1 Å². The summed E-state index contributed by atoms with van der Waals surface area (Å²) in [6, 6.07) is 4.96. The van der Waals surface area contributed by atoms with Crippen LogP contribution in [0.4, 0.5) is 4.39 Å². The molecule has 13 heavy (non-hydrogen) atoms. The predicted octanol–water partition coefficient (Wildman–Crippen LogP) is 3.51. The molecule has 70 valence electrons. The van der Waals surface area contributed by atoms with Gasteiger partial charge in [-0.05, 0) is 11.6 Å². The molecular weight excluding hydrogens is 235 g/mol. The average molecular weight is 245 g/mol. The highest BCUT2D eigenvalue weighted by Crippen LogP contribution is 2.20. The molecule has 1 aromatic carbocycles. The van der Waals surface area contributed by atoms with E-state index in [1.54, 1.807) is 25.1 Å². The predicted molar refractivity (Wildman–Crippen MR) is 53.6 cm³/mol. The van der Waals surface area contributed by atoms with Gasteiger partial charge in [-0.15, -0.1) is 0 Å². The van der Waals surface area contributed by atoms with Crippen molar-refractivity contribution in [1.82, 2.24) is 0 Å². The quantitative estimate of drug-likeness (QED) is 0.744. The fraction of sp³-hybridized carbons (Fsp3) is 0.300. The smallest absolute Gasteiger partial charge is 0.162 e. The number of halogens is 2. The van der Waals surface area contributed by atoms with Crippen molar-refractivity contribution < 1.29 is 9.18 Å². The lowest BCUT2D eigenvalue weighted by Crippen LogP contribution is -1.96. The van der Waals surface area contributed by atoms with Crippen LogP contribution in [-0.2, 0) is 6.67 Å². The van der Waals surface area contributed by atoms with Crippen LogP contribution in [0.2, 0.25) is 0 Å². The molecule has 0 fully saturated rings. The van der Waals surface area contributed by atoms with Crippen LogP contribution in [0.15, 0.2) is 22.7 Å². The molecule has 0 radical (unpaired) electrons. The number of ketones is 1. The third-order valence-corrected chi connectivity index (χ3v) is 2.58. The summed E-state index contributed by atoms with van der Waals surface area (Å²) in [5.41, 5.74) is 1.21. The first-order chi connectivity index (χ1) is 6.19. The minimum atomic E-state index is -0.513. The van der Waals surface area contributed by atoms with E-state index in [4.69, 9.17) is 0 Å². The largest absolute Gasteiger partial charge is 0.294 e. The van der Waals surface area contributed by atoms with E-state index in [0.717, 1.165) is 0 Å². The number of hydrogen-bond donors (Lipinski definition) is 0. The summed E-state index contributed by atoms with van der Waals surface area (Å²) in [6.07, 6.45) is 0.474. The normalized spacial score (nSPS) is 10.1. The lowest BCUT2D eigenvalue weighted by molar-refractivity contribution is 0.0988. The number of hydrogen-bond acceptors (Lipinski definition) is 1. The summed E-state index contributed by atoms with van der Waals surface area (Å²) >= 11 is 3.21. The van der Waals surface area contributed by atoms with Gasteiger partial charge in [-0.2, -0.15) is 0 Å². The zero-order valence-corrected chi connectivity index (χ0v) is 8.90. The van der Waals surface area contributed by atoms with Gasteiger partial charge in [0, 0.05) is 16.5 Å². The second-order valence-electron chi connectivity index (χ2n) is 2.72. The molecule has 0 unspecified atom stereocenters. The fourth-order valence-electron chi connectivity index (χ4n) is 1.03. The Morgan fingerprint density at radius 1 is 1.54 bits per heavy atom. The molecule has 3 heteroatoms. The van der Waals surface area contributed by atoms with Crippen LogP contribution in [0.25, 0.3) is 0 Å². The number of Topliss-reactive ketones (excluding diaryl/α,β-unsaturated/α-hetero) is 1. The highest BCUT2D eigenvalue weighted by molar-refractivity contribution is 9.10. The maximum absolute atomic E-state index is 12.3. The molecule has 0 aliphatic heterocycles. The van der Waals surface area contributed by atoms with E-state index in [0.29, 0.717) is 22.0 Å². The Balaban J connectivity index is 3.02. The molecule has 0 heterocycles. The summed E-state index contributed by atoms with van der Waals surface area (Å²) < 4.78 is 12.9. The minimum absolute atomic E-state index is 0.0751. The maximum Gasteiger partial charge on any atom is 0.162 e. The number of rotatable bonds is 3. The van der Waals surface area contributed by atoms with E-state index in [1.807, 2.05) is 0 Å². The molecule has 0 aromatic heterocycles. The van der Waals surface area contributed by atoms with Gasteiger partial charge in [-0.3, -0.25) is 4.79 Å². The second kappa shape index (κ2) is 4.51. The first kappa shape index (κ1) is 10.4. The zero-order chi connectivity index (χ0) is 9.84. The van der Waals surface area contributed by atoms with Crippen molar-refractivity contribution in [2.24, 2.45) is 0 Å². The van der Waals surface area contributed by atoms with Crippen molar-refractivity contribution in [1.29, 1.82) is 0 Å². The Labute approximate surface area is 85.1 Å². The van der Waals surface area contributed by atoms with Gasteiger partial charge < -0.3 is 0 Å². The maximum atomic E-state index is 12.3. The molecule has 0 amide bonds. The molecule has 0 saturated heterocycles. The molecule has 0 spiro atoms. The highest BCUT2D eigenvalue weighted by Gasteiger charge is 2.05. The van der Waals surface area contributed by atoms with Gasteiger partial charge in [-0.1, -0.05) is 35.0 Å². The second-order valence-corrected chi connectivity index (χ2v) is 3.57. The van der Waals surface area contributed by atoms with Crippen LogP contribution >= 0.6 is 15.9 Å². The Morgan fingerprint density at radius 2 is 2.23 bits per heavy atom. The monoisotopic (exact) mass is 244 g/mol. The first-order valence-corrected chi connectivity index (χ1v) is 4.86. The molecule has 0 bridgehead atoms. The molecule has 0 N–H and O–H groups in total. The molecule has 1 nitrogen and oxygen atoms in total. The summed E-state index contributed by atoms with van der Waals surface area (Å²) in [5.74, 6) is 0.0751. The van der Waals surface area contributed by atoms with E-state index in [2.05, 4.69) is 15.9 Å². The van der Waals surface area contributed by atoms with Gasteiger partial charge in [0.1, 0.15) is 6.67 Å². The van der Waals surface area contributed by atoms with Crippen molar-refractivity contribution in [3.05, 3.63) is 33.8 Å². The third-order valence-electron chi connectivity index (χ3n) is 1.84. The van der Waals surface area contributed by atoms with Gasteiger partial charge in [0.05, 0.1) is 0 Å². The fourth-order valence-corrected chi connectivity index (χ4v) is 1.52. The number of carbonyl (C=O) groups excluding carboxylic acids is 1. The Morgan fingerprint density at radius 3 is 2.69 bits per heavy atom. The Bertz CT molecular complexity index is 323. The molecule has 1 rings (SSSR count). The van der Waals surface area contributed by atoms with Gasteiger partial charge in [0.15, 0.2) is 5.78 Å². The minimum Gasteiger partial charge on any atom is -0.294 e. The van der Waals surface area contributed by atoms with Crippen molar-refractivity contribution in [2.75, 3.05) is 0 Å². The van der Waals surface area contributed by atoms with Gasteiger partial charge in [0.25, 0.3) is 0 Å². The van der Waals surface area contributed by atoms with Crippen molar-refractivity contribution in [2.45, 2.75) is 20.0 Å². The van der Waals surface area contributed by atoms with Gasteiger partial charge in [0.2, 0.25) is 0 Å². The van der Waals surface area contributed by atoms with Crippen LogP contribution < -0.4 is 0 Å². The standard InChI is InChI=1S/C10H10BrFO/c1-2-10(13)7-3-4-8(6-12)9(11)5-7/h3-5H,2,6H2,1H3. The molecular formula is C10H10BrFO. The van der Waals surface area contributed by atoms with Gasteiger partial charge >= 0.3 is 0 Å².